The Morgan fingerprint density at radius 1 is 1.48 bits per heavy atom. The molecule has 1 amide bonds. The zero-order valence-electron chi connectivity index (χ0n) is 11.8. The first-order chi connectivity index (χ1) is 10.1. The average molecular weight is 331 g/mol. The van der Waals surface area contributed by atoms with E-state index in [4.69, 9.17) is 5.73 Å². The number of nitrogens with two attached hydrogens (primary N) is 1. The summed E-state index contributed by atoms with van der Waals surface area (Å²) in [5.41, 5.74) is 5.33. The van der Waals surface area contributed by atoms with Crippen molar-refractivity contribution < 1.29 is 13.2 Å². The first-order valence-electron chi connectivity index (χ1n) is 7.08. The van der Waals surface area contributed by atoms with Crippen LogP contribution in [0, 0.1) is 0 Å². The Hall–Kier alpha value is -0.960. The predicted molar refractivity (Wildman–Crippen MR) is 82.5 cm³/mol. The van der Waals surface area contributed by atoms with Gasteiger partial charge < -0.3 is 11.1 Å². The zero-order valence-corrected chi connectivity index (χ0v) is 13.5. The van der Waals surface area contributed by atoms with E-state index in [1.807, 2.05) is 0 Å². The molecule has 2 heterocycles. The van der Waals surface area contributed by atoms with Crippen molar-refractivity contribution in [2.75, 3.05) is 19.6 Å². The Morgan fingerprint density at radius 2 is 2.29 bits per heavy atom. The molecule has 1 aliphatic heterocycles. The van der Waals surface area contributed by atoms with Gasteiger partial charge in [0.05, 0.1) is 0 Å². The number of rotatable bonds is 6. The second-order valence-corrected chi connectivity index (χ2v) is 8.11. The maximum atomic E-state index is 12.6. The summed E-state index contributed by atoms with van der Waals surface area (Å²) in [5, 5.41) is 4.54. The number of hydrogen-bond acceptors (Lipinski definition) is 5. The van der Waals surface area contributed by atoms with Gasteiger partial charge in [0.2, 0.25) is 5.91 Å². The van der Waals surface area contributed by atoms with Crippen LogP contribution in [0.1, 0.15) is 25.7 Å². The molecule has 0 aromatic carbocycles. The highest BCUT2D eigenvalue weighted by molar-refractivity contribution is 7.91. The van der Waals surface area contributed by atoms with Gasteiger partial charge in [0.25, 0.3) is 10.0 Å². The van der Waals surface area contributed by atoms with Gasteiger partial charge in [0.15, 0.2) is 0 Å². The minimum absolute atomic E-state index is 0.128. The molecule has 0 saturated carbocycles. The molecule has 8 heteroatoms. The van der Waals surface area contributed by atoms with E-state index in [1.165, 1.54) is 15.6 Å². The topological polar surface area (TPSA) is 92.5 Å². The number of piperidine rings is 1. The monoisotopic (exact) mass is 331 g/mol. The molecule has 118 valence electrons. The SMILES string of the molecule is NCCC(=O)NCC1CCCCN1S(=O)(=O)c1cccs1. The molecule has 1 saturated heterocycles. The lowest BCUT2D eigenvalue weighted by Crippen LogP contribution is -2.49. The molecule has 1 unspecified atom stereocenters. The van der Waals surface area contributed by atoms with Crippen molar-refractivity contribution in [1.82, 2.24) is 9.62 Å². The minimum atomic E-state index is -3.45. The first kappa shape index (κ1) is 16.4. The Balaban J connectivity index is 2.07. The van der Waals surface area contributed by atoms with Crippen molar-refractivity contribution in [2.45, 2.75) is 35.9 Å². The third-order valence-corrected chi connectivity index (χ3v) is 6.86. The van der Waals surface area contributed by atoms with E-state index in [-0.39, 0.29) is 18.4 Å². The van der Waals surface area contributed by atoms with Crippen molar-refractivity contribution in [3.8, 4) is 0 Å². The summed E-state index contributed by atoms with van der Waals surface area (Å²) in [6.07, 6.45) is 2.88. The lowest BCUT2D eigenvalue weighted by atomic mass is 10.1. The van der Waals surface area contributed by atoms with E-state index >= 15 is 0 Å². The molecule has 0 radical (unpaired) electrons. The highest BCUT2D eigenvalue weighted by Gasteiger charge is 2.34. The highest BCUT2D eigenvalue weighted by Crippen LogP contribution is 2.27. The third-order valence-electron chi connectivity index (χ3n) is 3.54. The van der Waals surface area contributed by atoms with E-state index in [9.17, 15) is 13.2 Å². The van der Waals surface area contributed by atoms with Crippen LogP contribution in [-0.2, 0) is 14.8 Å². The summed E-state index contributed by atoms with van der Waals surface area (Å²) >= 11 is 1.22. The molecule has 1 fully saturated rings. The third kappa shape index (κ3) is 4.03. The molecule has 6 nitrogen and oxygen atoms in total. The van der Waals surface area contributed by atoms with Gasteiger partial charge in [0, 0.05) is 32.1 Å². The van der Waals surface area contributed by atoms with Crippen LogP contribution in [0.3, 0.4) is 0 Å². The molecule has 1 atom stereocenters. The van der Waals surface area contributed by atoms with Gasteiger partial charge in [-0.15, -0.1) is 11.3 Å². The Morgan fingerprint density at radius 3 is 2.95 bits per heavy atom. The smallest absolute Gasteiger partial charge is 0.252 e. The summed E-state index contributed by atoms with van der Waals surface area (Å²) in [4.78, 5) is 11.5. The van der Waals surface area contributed by atoms with Crippen LogP contribution in [0.4, 0.5) is 0 Å². The molecule has 3 N–H and O–H groups in total. The summed E-state index contributed by atoms with van der Waals surface area (Å²) in [6, 6.07) is 3.19. The van der Waals surface area contributed by atoms with Crippen LogP contribution in [0.5, 0.6) is 0 Å². The largest absolute Gasteiger partial charge is 0.354 e. The minimum Gasteiger partial charge on any atom is -0.354 e. The molecular weight excluding hydrogens is 310 g/mol. The van der Waals surface area contributed by atoms with E-state index in [2.05, 4.69) is 5.32 Å². The standard InChI is InChI=1S/C13H21N3O3S2/c14-7-6-12(17)15-10-11-4-1-2-8-16(11)21(18,19)13-5-3-9-20-13/h3,5,9,11H,1-2,4,6-8,10,14H2,(H,15,17). The van der Waals surface area contributed by atoms with E-state index < -0.39 is 10.0 Å². The van der Waals surface area contributed by atoms with Crippen LogP contribution >= 0.6 is 11.3 Å². The summed E-state index contributed by atoms with van der Waals surface area (Å²) in [7, 11) is -3.45. The number of nitrogens with one attached hydrogen (secondary N) is 1. The molecule has 0 spiro atoms. The molecular formula is C13H21N3O3S2. The summed E-state index contributed by atoms with van der Waals surface area (Å²) in [5.74, 6) is -0.128. The Bertz CT molecular complexity index is 557. The van der Waals surface area contributed by atoms with Crippen LogP contribution < -0.4 is 11.1 Å². The van der Waals surface area contributed by atoms with Crippen molar-refractivity contribution in [1.29, 1.82) is 0 Å². The molecule has 1 aromatic rings. The normalized spacial score (nSPS) is 20.3. The maximum absolute atomic E-state index is 12.6. The van der Waals surface area contributed by atoms with Crippen molar-refractivity contribution in [3.63, 3.8) is 0 Å². The first-order valence-corrected chi connectivity index (χ1v) is 9.40. The van der Waals surface area contributed by atoms with Crippen molar-refractivity contribution in [3.05, 3.63) is 17.5 Å². The quantitative estimate of drug-likeness (QED) is 0.805. The van der Waals surface area contributed by atoms with Gasteiger partial charge in [-0.3, -0.25) is 4.79 Å². The summed E-state index contributed by atoms with van der Waals surface area (Å²) < 4.78 is 27.2. The van der Waals surface area contributed by atoms with Crippen molar-refractivity contribution in [2.24, 2.45) is 5.73 Å². The fraction of sp³-hybridized carbons (Fsp3) is 0.615. The summed E-state index contributed by atoms with van der Waals surface area (Å²) in [6.45, 7) is 1.16. The molecule has 1 aliphatic rings. The molecule has 1 aromatic heterocycles. The van der Waals surface area contributed by atoms with E-state index in [1.54, 1.807) is 17.5 Å². The van der Waals surface area contributed by atoms with Crippen LogP contribution in [0.15, 0.2) is 21.7 Å². The fourth-order valence-corrected chi connectivity index (χ4v) is 5.28. The second kappa shape index (κ2) is 7.35. The maximum Gasteiger partial charge on any atom is 0.252 e. The van der Waals surface area contributed by atoms with E-state index in [0.717, 1.165) is 19.3 Å². The molecule has 2 rings (SSSR count). The van der Waals surface area contributed by atoms with E-state index in [0.29, 0.717) is 23.8 Å². The van der Waals surface area contributed by atoms with Gasteiger partial charge in [0.1, 0.15) is 4.21 Å². The Kier molecular flexibility index (Phi) is 5.74. The number of carbonyl (C=O) groups excluding carboxylic acids is 1. The fourth-order valence-electron chi connectivity index (χ4n) is 2.47. The van der Waals surface area contributed by atoms with Gasteiger partial charge in [-0.2, -0.15) is 4.31 Å². The molecule has 21 heavy (non-hydrogen) atoms. The van der Waals surface area contributed by atoms with Crippen LogP contribution in [0.25, 0.3) is 0 Å². The average Bonchev–Trinajstić information content (AvgIpc) is 3.01. The second-order valence-electron chi connectivity index (χ2n) is 5.04. The number of hydrogen-bond donors (Lipinski definition) is 2. The predicted octanol–water partition coefficient (Wildman–Crippen LogP) is 0.756. The lowest BCUT2D eigenvalue weighted by Gasteiger charge is -2.34. The number of nitrogens with zero attached hydrogens (tertiary/aromatic N) is 1. The van der Waals surface area contributed by atoms with Crippen molar-refractivity contribution >= 4 is 27.3 Å². The highest BCUT2D eigenvalue weighted by atomic mass is 32.2. The van der Waals surface area contributed by atoms with Gasteiger partial charge in [-0.1, -0.05) is 12.5 Å². The number of carbonyl (C=O) groups is 1. The van der Waals surface area contributed by atoms with Gasteiger partial charge >= 0.3 is 0 Å². The lowest BCUT2D eigenvalue weighted by molar-refractivity contribution is -0.121. The number of amides is 1. The van der Waals surface area contributed by atoms with Gasteiger partial charge in [-0.05, 0) is 24.3 Å². The molecule has 0 aliphatic carbocycles. The number of sulfonamides is 1. The zero-order chi connectivity index (χ0) is 15.3. The number of thiophene rings is 1. The van der Waals surface area contributed by atoms with Gasteiger partial charge in [-0.25, -0.2) is 8.42 Å². The van der Waals surface area contributed by atoms with Crippen LogP contribution in [-0.4, -0.2) is 44.3 Å². The van der Waals surface area contributed by atoms with Crippen LogP contribution in [0.2, 0.25) is 0 Å². The Labute approximate surface area is 129 Å². The molecule has 0 bridgehead atoms.